The molecule has 1 aromatic carbocycles. The van der Waals surface area contributed by atoms with E-state index < -0.39 is 5.97 Å². The highest BCUT2D eigenvalue weighted by Gasteiger charge is 2.24. The molecule has 0 N–H and O–H groups in total. The Hall–Kier alpha value is -2.17. The van der Waals surface area contributed by atoms with Gasteiger partial charge in [-0.25, -0.2) is 14.2 Å². The average molecular weight is 234 g/mol. The Balaban J connectivity index is 2.30. The van der Waals surface area contributed by atoms with Crippen LogP contribution in [0.25, 0.3) is 0 Å². The fourth-order valence-electron chi connectivity index (χ4n) is 1.36. The number of halogens is 1. The fourth-order valence-corrected chi connectivity index (χ4v) is 1.36. The molecular formula is C12H11FN2O2. The van der Waals surface area contributed by atoms with Crippen LogP contribution in [0.1, 0.15) is 5.56 Å². The number of carbonyl (C=O) groups is 1. The topological polar surface area (TPSA) is 41.9 Å². The quantitative estimate of drug-likeness (QED) is 0.575. The minimum atomic E-state index is -0.502. The summed E-state index contributed by atoms with van der Waals surface area (Å²) in [5, 5.41) is 0. The summed E-state index contributed by atoms with van der Waals surface area (Å²) in [6, 6.07) is 5.61. The van der Waals surface area contributed by atoms with Crippen LogP contribution >= 0.6 is 0 Å². The summed E-state index contributed by atoms with van der Waals surface area (Å²) in [5.41, 5.74) is 0.802. The molecule has 0 saturated carbocycles. The lowest BCUT2D eigenvalue weighted by Gasteiger charge is -2.02. The second-order valence-corrected chi connectivity index (χ2v) is 3.79. The smallest absolute Gasteiger partial charge is 0.365 e. The highest BCUT2D eigenvalue weighted by atomic mass is 19.1. The average Bonchev–Trinajstić information content (AvgIpc) is 2.60. The first kappa shape index (κ1) is 11.3. The zero-order chi connectivity index (χ0) is 12.4. The molecule has 0 unspecified atom stereocenters. The third-order valence-corrected chi connectivity index (χ3v) is 2.09. The van der Waals surface area contributed by atoms with Crippen LogP contribution in [-0.2, 0) is 9.53 Å². The number of cyclic esters (lactones) is 1. The van der Waals surface area contributed by atoms with Crippen LogP contribution in [0.4, 0.5) is 4.39 Å². The first-order valence-corrected chi connectivity index (χ1v) is 5.01. The molecule has 4 nitrogen and oxygen atoms in total. The van der Waals surface area contributed by atoms with Crippen LogP contribution < -0.4 is 0 Å². The molecule has 0 aromatic heterocycles. The van der Waals surface area contributed by atoms with E-state index in [2.05, 4.69) is 4.99 Å². The third kappa shape index (κ3) is 2.50. The summed E-state index contributed by atoms with van der Waals surface area (Å²) in [7, 11) is 3.57. The second-order valence-electron chi connectivity index (χ2n) is 3.79. The monoisotopic (exact) mass is 234 g/mol. The van der Waals surface area contributed by atoms with Crippen molar-refractivity contribution >= 4 is 11.9 Å². The van der Waals surface area contributed by atoms with E-state index in [1.807, 2.05) is 0 Å². The van der Waals surface area contributed by atoms with Gasteiger partial charge in [0.05, 0.1) is 0 Å². The highest BCUT2D eigenvalue weighted by Crippen LogP contribution is 2.16. The van der Waals surface area contributed by atoms with Gasteiger partial charge in [-0.05, 0) is 24.3 Å². The number of hydrogen-bond donors (Lipinski definition) is 0. The molecule has 1 aliphatic heterocycles. The van der Waals surface area contributed by atoms with Crippen LogP contribution in [0.5, 0.6) is 0 Å². The number of hydrogen-bond acceptors (Lipinski definition) is 4. The first-order valence-electron chi connectivity index (χ1n) is 5.01. The molecule has 5 heteroatoms. The van der Waals surface area contributed by atoms with Crippen molar-refractivity contribution in [2.24, 2.45) is 4.99 Å². The molecular weight excluding hydrogens is 223 g/mol. The van der Waals surface area contributed by atoms with E-state index in [4.69, 9.17) is 4.74 Å². The predicted octanol–water partition coefficient (Wildman–Crippen LogP) is 1.53. The van der Waals surface area contributed by atoms with Gasteiger partial charge in [-0.3, -0.25) is 0 Å². The van der Waals surface area contributed by atoms with Gasteiger partial charge in [0.15, 0.2) is 5.70 Å². The molecule has 2 rings (SSSR count). The molecule has 0 radical (unpaired) electrons. The van der Waals surface area contributed by atoms with Crippen molar-refractivity contribution in [3.05, 3.63) is 47.5 Å². The maximum atomic E-state index is 12.7. The predicted molar refractivity (Wildman–Crippen MR) is 60.8 cm³/mol. The van der Waals surface area contributed by atoms with Crippen LogP contribution in [0.15, 0.2) is 41.2 Å². The van der Waals surface area contributed by atoms with Gasteiger partial charge in [0.1, 0.15) is 5.82 Å². The number of carbonyl (C=O) groups excluding carboxylic acids is 1. The zero-order valence-electron chi connectivity index (χ0n) is 9.48. The SMILES string of the molecule is CN(C)/C=C1\N=C(c2ccc(F)cc2)OC1=O. The second kappa shape index (κ2) is 4.37. The van der Waals surface area contributed by atoms with Crippen molar-refractivity contribution in [2.45, 2.75) is 0 Å². The minimum absolute atomic E-state index is 0.197. The van der Waals surface area contributed by atoms with Crippen LogP contribution in [0.2, 0.25) is 0 Å². The Bertz CT molecular complexity index is 504. The summed E-state index contributed by atoms with van der Waals surface area (Å²) < 4.78 is 17.7. The number of aliphatic imine (C=N–C) groups is 1. The molecule has 0 saturated heterocycles. The third-order valence-electron chi connectivity index (χ3n) is 2.09. The Kier molecular flexibility index (Phi) is 2.91. The number of esters is 1. The Morgan fingerprint density at radius 1 is 1.29 bits per heavy atom. The Morgan fingerprint density at radius 2 is 1.94 bits per heavy atom. The van der Waals surface area contributed by atoms with E-state index in [0.717, 1.165) is 0 Å². The van der Waals surface area contributed by atoms with E-state index >= 15 is 0 Å². The molecule has 0 fully saturated rings. The molecule has 17 heavy (non-hydrogen) atoms. The van der Waals surface area contributed by atoms with E-state index in [-0.39, 0.29) is 17.4 Å². The van der Waals surface area contributed by atoms with E-state index in [1.54, 1.807) is 25.2 Å². The number of rotatable bonds is 2. The maximum Gasteiger partial charge on any atom is 0.365 e. The van der Waals surface area contributed by atoms with E-state index in [0.29, 0.717) is 5.56 Å². The van der Waals surface area contributed by atoms with Gasteiger partial charge < -0.3 is 9.64 Å². The lowest BCUT2D eigenvalue weighted by atomic mass is 10.2. The first-order chi connectivity index (χ1) is 8.06. The lowest BCUT2D eigenvalue weighted by molar-refractivity contribution is -0.130. The molecule has 1 aliphatic rings. The highest BCUT2D eigenvalue weighted by molar-refractivity contribution is 6.11. The Morgan fingerprint density at radius 3 is 2.53 bits per heavy atom. The Labute approximate surface area is 98.0 Å². The van der Waals surface area contributed by atoms with Crippen molar-refractivity contribution in [3.8, 4) is 0 Å². The summed E-state index contributed by atoms with van der Waals surface area (Å²) in [6.45, 7) is 0. The standard InChI is InChI=1S/C12H11FN2O2/c1-15(2)7-10-12(16)17-11(14-10)8-3-5-9(13)6-4-8/h3-7H,1-2H3/b10-7-. The van der Waals surface area contributed by atoms with E-state index in [1.165, 1.54) is 24.3 Å². The summed E-state index contributed by atoms with van der Waals surface area (Å²) >= 11 is 0. The van der Waals surface area contributed by atoms with Crippen LogP contribution in [0.3, 0.4) is 0 Å². The van der Waals surface area contributed by atoms with Crippen LogP contribution in [-0.4, -0.2) is 30.9 Å². The molecule has 0 aliphatic carbocycles. The molecule has 88 valence electrons. The molecule has 0 bridgehead atoms. The maximum absolute atomic E-state index is 12.7. The number of nitrogens with zero attached hydrogens (tertiary/aromatic N) is 2. The van der Waals surface area contributed by atoms with Crippen molar-refractivity contribution in [3.63, 3.8) is 0 Å². The number of ether oxygens (including phenoxy) is 1. The molecule has 0 atom stereocenters. The summed E-state index contributed by atoms with van der Waals surface area (Å²) in [4.78, 5) is 17.2. The van der Waals surface area contributed by atoms with Gasteiger partial charge in [0.2, 0.25) is 5.90 Å². The zero-order valence-corrected chi connectivity index (χ0v) is 9.48. The van der Waals surface area contributed by atoms with Gasteiger partial charge in [-0.15, -0.1) is 0 Å². The van der Waals surface area contributed by atoms with Crippen molar-refractivity contribution in [1.82, 2.24) is 4.90 Å². The minimum Gasteiger partial charge on any atom is -0.402 e. The normalized spacial score (nSPS) is 17.0. The van der Waals surface area contributed by atoms with Gasteiger partial charge in [0.25, 0.3) is 0 Å². The van der Waals surface area contributed by atoms with Gasteiger partial charge >= 0.3 is 5.97 Å². The fraction of sp³-hybridized carbons (Fsp3) is 0.167. The van der Waals surface area contributed by atoms with Gasteiger partial charge in [0, 0.05) is 25.9 Å². The van der Waals surface area contributed by atoms with Gasteiger partial charge in [-0.2, -0.15) is 0 Å². The molecule has 0 amide bonds. The van der Waals surface area contributed by atoms with Crippen LogP contribution in [0, 0.1) is 5.82 Å². The summed E-state index contributed by atoms with van der Waals surface area (Å²) in [5.74, 6) is -0.649. The van der Waals surface area contributed by atoms with E-state index in [9.17, 15) is 9.18 Å². The molecule has 1 heterocycles. The molecule has 0 spiro atoms. The van der Waals surface area contributed by atoms with Gasteiger partial charge in [-0.1, -0.05) is 0 Å². The lowest BCUT2D eigenvalue weighted by Crippen LogP contribution is -2.07. The summed E-state index contributed by atoms with van der Waals surface area (Å²) in [6.07, 6.45) is 1.57. The molecule has 1 aromatic rings. The van der Waals surface area contributed by atoms with Crippen molar-refractivity contribution in [1.29, 1.82) is 0 Å². The number of benzene rings is 1. The largest absolute Gasteiger partial charge is 0.402 e. The van der Waals surface area contributed by atoms with Crippen molar-refractivity contribution in [2.75, 3.05) is 14.1 Å². The van der Waals surface area contributed by atoms with Crippen molar-refractivity contribution < 1.29 is 13.9 Å².